The van der Waals surface area contributed by atoms with Crippen molar-refractivity contribution in [2.45, 2.75) is 32.4 Å². The van der Waals surface area contributed by atoms with Gasteiger partial charge in [0.05, 0.1) is 49.7 Å². The number of amides is 1. The Morgan fingerprint density at radius 1 is 1.19 bits per heavy atom. The minimum Gasteiger partial charge on any atom is -0.472 e. The molecule has 1 amide bonds. The average Bonchev–Trinajstić information content (AvgIpc) is 3.70. The van der Waals surface area contributed by atoms with E-state index in [0.29, 0.717) is 49.4 Å². The Labute approximate surface area is 214 Å². The van der Waals surface area contributed by atoms with Gasteiger partial charge in [0.25, 0.3) is 0 Å². The van der Waals surface area contributed by atoms with E-state index < -0.39 is 5.97 Å². The van der Waals surface area contributed by atoms with Crippen LogP contribution in [0.25, 0.3) is 11.0 Å². The van der Waals surface area contributed by atoms with Crippen LogP contribution in [0, 0.1) is 5.92 Å². The van der Waals surface area contributed by atoms with Crippen LogP contribution in [-0.2, 0) is 33.8 Å². The van der Waals surface area contributed by atoms with Crippen LogP contribution >= 0.6 is 0 Å². The highest BCUT2D eigenvalue weighted by Gasteiger charge is 2.29. The minimum absolute atomic E-state index is 0.178. The number of nitrogens with zero attached hydrogens (tertiary/aromatic N) is 2. The number of aromatic nitrogens is 2. The van der Waals surface area contributed by atoms with Crippen LogP contribution in [-0.4, -0.2) is 41.8 Å². The average molecular weight is 503 g/mol. The molecule has 2 N–H and O–H groups in total. The minimum atomic E-state index is -0.524. The summed E-state index contributed by atoms with van der Waals surface area (Å²) in [6, 6.07) is 14.0. The Morgan fingerprint density at radius 2 is 2.05 bits per heavy atom. The van der Waals surface area contributed by atoms with Gasteiger partial charge in [-0.2, -0.15) is 0 Å². The molecule has 9 nitrogen and oxygen atoms in total. The summed E-state index contributed by atoms with van der Waals surface area (Å²) >= 11 is 0. The van der Waals surface area contributed by atoms with Gasteiger partial charge in [-0.1, -0.05) is 30.3 Å². The zero-order valence-corrected chi connectivity index (χ0v) is 20.7. The van der Waals surface area contributed by atoms with Gasteiger partial charge in [-0.25, -0.2) is 9.78 Å². The second kappa shape index (κ2) is 11.3. The smallest absolute Gasteiger partial charge is 0.356 e. The molecule has 9 heteroatoms. The van der Waals surface area contributed by atoms with Crippen molar-refractivity contribution in [1.82, 2.24) is 9.55 Å². The molecule has 3 aromatic heterocycles. The Hall–Kier alpha value is -4.11. The third-order valence-electron chi connectivity index (χ3n) is 6.59. The first-order valence-electron chi connectivity index (χ1n) is 12.4. The van der Waals surface area contributed by atoms with E-state index in [1.165, 1.54) is 12.7 Å². The summed E-state index contributed by atoms with van der Waals surface area (Å²) in [5.41, 5.74) is 4.28. The van der Waals surface area contributed by atoms with E-state index >= 15 is 0 Å². The van der Waals surface area contributed by atoms with Crippen molar-refractivity contribution in [3.8, 4) is 0 Å². The fourth-order valence-corrected chi connectivity index (χ4v) is 4.62. The molecule has 4 aromatic rings. The highest BCUT2D eigenvalue weighted by molar-refractivity contribution is 6.11. The standard InChI is InChI=1S/C28H30N4O5/c1-35-28(34)25-24(31-27(33)21-10-13-37-18-21)23-14-22(29-15-20-9-12-36-17-20)16-30-26(23)32(25)11-5-8-19-6-3-2-4-7-19/h2-4,6-7,9,12,14,16-17,21,29H,5,8,10-11,13,15,18H2,1H3,(H,31,33). The van der Waals surface area contributed by atoms with Gasteiger partial charge in [0.1, 0.15) is 5.65 Å². The van der Waals surface area contributed by atoms with Crippen molar-refractivity contribution in [3.63, 3.8) is 0 Å². The lowest BCUT2D eigenvalue weighted by molar-refractivity contribution is -0.119. The van der Waals surface area contributed by atoms with Crippen LogP contribution in [0.2, 0.25) is 0 Å². The van der Waals surface area contributed by atoms with E-state index in [1.54, 1.807) is 18.7 Å². The van der Waals surface area contributed by atoms with Crippen LogP contribution in [0.3, 0.4) is 0 Å². The number of aryl methyl sites for hydroxylation is 2. The summed E-state index contributed by atoms with van der Waals surface area (Å²) in [6.45, 7) is 2.00. The number of fused-ring (bicyclic) bond motifs is 1. The molecular formula is C28H30N4O5. The third-order valence-corrected chi connectivity index (χ3v) is 6.59. The normalized spacial score (nSPS) is 15.1. The Kier molecular flexibility index (Phi) is 7.51. The molecule has 0 saturated carbocycles. The number of carbonyl (C=O) groups excluding carboxylic acids is 2. The quantitative estimate of drug-likeness (QED) is 0.304. The lowest BCUT2D eigenvalue weighted by atomic mass is 10.1. The molecule has 5 rings (SSSR count). The first kappa shape index (κ1) is 24.6. The third kappa shape index (κ3) is 5.51. The van der Waals surface area contributed by atoms with Crippen molar-refractivity contribution in [3.05, 3.63) is 78.0 Å². The molecule has 192 valence electrons. The van der Waals surface area contributed by atoms with E-state index in [4.69, 9.17) is 18.9 Å². The van der Waals surface area contributed by atoms with Gasteiger partial charge in [-0.05, 0) is 37.0 Å². The predicted molar refractivity (Wildman–Crippen MR) is 139 cm³/mol. The van der Waals surface area contributed by atoms with E-state index in [9.17, 15) is 9.59 Å². The fourth-order valence-electron chi connectivity index (χ4n) is 4.62. The molecule has 1 aliphatic heterocycles. The van der Waals surface area contributed by atoms with Gasteiger partial charge in [-0.3, -0.25) is 4.79 Å². The van der Waals surface area contributed by atoms with Crippen LogP contribution < -0.4 is 10.6 Å². The molecule has 1 saturated heterocycles. The van der Waals surface area contributed by atoms with E-state index in [-0.39, 0.29) is 17.5 Å². The summed E-state index contributed by atoms with van der Waals surface area (Å²) in [4.78, 5) is 30.9. The van der Waals surface area contributed by atoms with Gasteiger partial charge in [0.15, 0.2) is 5.69 Å². The first-order chi connectivity index (χ1) is 18.1. The number of furan rings is 1. The van der Waals surface area contributed by atoms with Gasteiger partial charge in [-0.15, -0.1) is 0 Å². The largest absolute Gasteiger partial charge is 0.472 e. The summed E-state index contributed by atoms with van der Waals surface area (Å²) in [5.74, 6) is -0.969. The Balaban J connectivity index is 1.50. The number of anilines is 2. The van der Waals surface area contributed by atoms with Crippen molar-refractivity contribution < 1.29 is 23.5 Å². The van der Waals surface area contributed by atoms with Gasteiger partial charge in [0.2, 0.25) is 5.91 Å². The predicted octanol–water partition coefficient (Wildman–Crippen LogP) is 4.64. The number of hydrogen-bond donors (Lipinski definition) is 2. The highest BCUT2D eigenvalue weighted by atomic mass is 16.5. The maximum absolute atomic E-state index is 13.1. The number of nitrogens with one attached hydrogen (secondary N) is 2. The van der Waals surface area contributed by atoms with E-state index in [1.807, 2.05) is 34.9 Å². The number of benzene rings is 1. The zero-order chi connectivity index (χ0) is 25.6. The van der Waals surface area contributed by atoms with Crippen LogP contribution in [0.5, 0.6) is 0 Å². The SMILES string of the molecule is COC(=O)c1c(NC(=O)C2CCOC2)c2cc(NCc3ccoc3)cnc2n1CCCc1ccccc1. The molecule has 0 bridgehead atoms. The van der Waals surface area contributed by atoms with Crippen molar-refractivity contribution in [1.29, 1.82) is 0 Å². The number of hydrogen-bond acceptors (Lipinski definition) is 7. The fraction of sp³-hybridized carbons (Fsp3) is 0.321. The number of rotatable bonds is 10. The lowest BCUT2D eigenvalue weighted by Gasteiger charge is -2.12. The first-order valence-corrected chi connectivity index (χ1v) is 12.4. The van der Waals surface area contributed by atoms with Crippen LogP contribution in [0.15, 0.2) is 65.6 Å². The molecule has 0 spiro atoms. The number of esters is 1. The van der Waals surface area contributed by atoms with E-state index in [2.05, 4.69) is 22.8 Å². The molecule has 1 atom stereocenters. The number of pyridine rings is 1. The summed E-state index contributed by atoms with van der Waals surface area (Å²) < 4.78 is 17.6. The van der Waals surface area contributed by atoms with Crippen LogP contribution in [0.4, 0.5) is 11.4 Å². The Morgan fingerprint density at radius 3 is 2.78 bits per heavy atom. The number of methoxy groups -OCH3 is 1. The van der Waals surface area contributed by atoms with Crippen molar-refractivity contribution in [2.75, 3.05) is 31.0 Å². The maximum atomic E-state index is 13.1. The molecule has 1 aliphatic rings. The molecule has 4 heterocycles. The molecule has 37 heavy (non-hydrogen) atoms. The topological polar surface area (TPSA) is 108 Å². The lowest BCUT2D eigenvalue weighted by Crippen LogP contribution is -2.24. The molecule has 0 aliphatic carbocycles. The number of carbonyl (C=O) groups is 2. The van der Waals surface area contributed by atoms with Gasteiger partial charge in [0, 0.05) is 30.6 Å². The summed E-state index contributed by atoms with van der Waals surface area (Å²) in [7, 11) is 1.34. The van der Waals surface area contributed by atoms with Gasteiger partial charge >= 0.3 is 5.97 Å². The van der Waals surface area contributed by atoms with Gasteiger partial charge < -0.3 is 29.1 Å². The second-order valence-corrected chi connectivity index (χ2v) is 9.09. The van der Waals surface area contributed by atoms with Crippen molar-refractivity contribution >= 4 is 34.3 Å². The monoisotopic (exact) mass is 502 g/mol. The van der Waals surface area contributed by atoms with Crippen LogP contribution in [0.1, 0.15) is 34.5 Å². The summed E-state index contributed by atoms with van der Waals surface area (Å²) in [6.07, 6.45) is 7.29. The number of ether oxygens (including phenoxy) is 2. The zero-order valence-electron chi connectivity index (χ0n) is 20.7. The maximum Gasteiger partial charge on any atom is 0.356 e. The summed E-state index contributed by atoms with van der Waals surface area (Å²) in [5, 5.41) is 7.01. The molecule has 1 unspecified atom stereocenters. The highest BCUT2D eigenvalue weighted by Crippen LogP contribution is 2.34. The molecule has 0 radical (unpaired) electrons. The van der Waals surface area contributed by atoms with Crippen molar-refractivity contribution in [2.24, 2.45) is 5.92 Å². The Bertz CT molecular complexity index is 1360. The molecule has 1 fully saturated rings. The molecule has 1 aromatic carbocycles. The molecular weight excluding hydrogens is 472 g/mol. The second-order valence-electron chi connectivity index (χ2n) is 9.09. The van der Waals surface area contributed by atoms with E-state index in [0.717, 1.165) is 24.1 Å².